The van der Waals surface area contributed by atoms with E-state index in [1.807, 2.05) is 0 Å². The number of rotatable bonds is 16. The van der Waals surface area contributed by atoms with Gasteiger partial charge in [-0.25, -0.2) is 18.4 Å². The quantitative estimate of drug-likeness (QED) is 0.288. The average molecular weight is 522 g/mol. The highest BCUT2D eigenvalue weighted by atomic mass is 19.1. The average Bonchev–Trinajstić information content (AvgIpc) is 2.86. The fourth-order valence-corrected chi connectivity index (χ4v) is 4.06. The standard InChI is InChI=1S/C28H37F2NO6/c1-4-7-21(8-5-2)19-31(28(34)37-25-14-11-22(29)18-24(25)30)15-16-36-23-12-9-20(10-13-23)17-26(27(32)33)35-6-3/h9-14,18,21,26H,4-8,15-17,19H2,1-3H3,(H,32,33). The molecule has 0 saturated carbocycles. The molecule has 0 bridgehead atoms. The maximum atomic E-state index is 14.0. The third kappa shape index (κ3) is 10.4. The second kappa shape index (κ2) is 15.8. The van der Waals surface area contributed by atoms with Crippen LogP contribution in [0.25, 0.3) is 0 Å². The summed E-state index contributed by atoms with van der Waals surface area (Å²) in [6.07, 6.45) is 2.40. The summed E-state index contributed by atoms with van der Waals surface area (Å²) in [5.74, 6) is -2.23. The molecule has 0 spiro atoms. The van der Waals surface area contributed by atoms with Crippen LogP contribution in [0.15, 0.2) is 42.5 Å². The van der Waals surface area contributed by atoms with Crippen LogP contribution in [0.1, 0.15) is 52.0 Å². The normalized spacial score (nSPS) is 11.8. The maximum Gasteiger partial charge on any atom is 0.415 e. The number of benzene rings is 2. The molecule has 2 rings (SSSR count). The second-order valence-electron chi connectivity index (χ2n) is 8.81. The summed E-state index contributed by atoms with van der Waals surface area (Å²) < 4.78 is 43.6. The van der Waals surface area contributed by atoms with Gasteiger partial charge in [-0.2, -0.15) is 0 Å². The molecule has 37 heavy (non-hydrogen) atoms. The minimum absolute atomic E-state index is 0.169. The lowest BCUT2D eigenvalue weighted by Gasteiger charge is -2.27. The first kappa shape index (κ1) is 30.0. The van der Waals surface area contributed by atoms with Crippen LogP contribution in [-0.2, 0) is 16.0 Å². The predicted molar refractivity (Wildman–Crippen MR) is 136 cm³/mol. The van der Waals surface area contributed by atoms with Crippen LogP contribution < -0.4 is 9.47 Å². The molecule has 0 aliphatic rings. The van der Waals surface area contributed by atoms with E-state index >= 15 is 0 Å². The number of nitrogens with zero attached hydrogens (tertiary/aromatic N) is 1. The van der Waals surface area contributed by atoms with Crippen molar-refractivity contribution >= 4 is 12.1 Å². The summed E-state index contributed by atoms with van der Waals surface area (Å²) in [4.78, 5) is 25.7. The molecule has 1 atom stereocenters. The number of carboxylic acid groups (broad SMARTS) is 1. The third-order valence-electron chi connectivity index (χ3n) is 5.84. The van der Waals surface area contributed by atoms with Crippen LogP contribution in [-0.4, -0.2) is 54.5 Å². The molecule has 1 N–H and O–H groups in total. The summed E-state index contributed by atoms with van der Waals surface area (Å²) in [5.41, 5.74) is 0.793. The minimum atomic E-state index is -1.01. The maximum absolute atomic E-state index is 14.0. The van der Waals surface area contributed by atoms with Gasteiger partial charge in [0.1, 0.15) is 18.2 Å². The second-order valence-corrected chi connectivity index (χ2v) is 8.81. The van der Waals surface area contributed by atoms with Gasteiger partial charge >= 0.3 is 12.1 Å². The minimum Gasteiger partial charge on any atom is -0.492 e. The Balaban J connectivity index is 2.03. The van der Waals surface area contributed by atoms with E-state index in [2.05, 4.69) is 13.8 Å². The molecule has 0 aliphatic heterocycles. The summed E-state index contributed by atoms with van der Waals surface area (Å²) in [6.45, 7) is 7.02. The molecule has 0 aliphatic carbocycles. The zero-order valence-corrected chi connectivity index (χ0v) is 21.8. The van der Waals surface area contributed by atoms with Gasteiger partial charge in [-0.15, -0.1) is 0 Å². The van der Waals surface area contributed by atoms with Crippen molar-refractivity contribution in [2.75, 3.05) is 26.3 Å². The topological polar surface area (TPSA) is 85.3 Å². The smallest absolute Gasteiger partial charge is 0.415 e. The molecule has 2 aromatic rings. The van der Waals surface area contributed by atoms with Crippen LogP contribution in [0.4, 0.5) is 13.6 Å². The van der Waals surface area contributed by atoms with Gasteiger partial charge in [0, 0.05) is 25.6 Å². The van der Waals surface area contributed by atoms with E-state index in [9.17, 15) is 23.5 Å². The predicted octanol–water partition coefficient (Wildman–Crippen LogP) is 6.09. The van der Waals surface area contributed by atoms with Crippen LogP contribution in [0, 0.1) is 17.6 Å². The molecular formula is C28H37F2NO6. The first-order valence-corrected chi connectivity index (χ1v) is 12.7. The number of aliphatic carboxylic acids is 1. The molecule has 1 unspecified atom stereocenters. The molecule has 204 valence electrons. The van der Waals surface area contributed by atoms with Crippen LogP contribution in [0.3, 0.4) is 0 Å². The van der Waals surface area contributed by atoms with Crippen molar-refractivity contribution in [3.63, 3.8) is 0 Å². The van der Waals surface area contributed by atoms with Crippen molar-refractivity contribution in [3.05, 3.63) is 59.7 Å². The largest absolute Gasteiger partial charge is 0.492 e. The third-order valence-corrected chi connectivity index (χ3v) is 5.84. The molecule has 7 nitrogen and oxygen atoms in total. The van der Waals surface area contributed by atoms with Gasteiger partial charge in [0.15, 0.2) is 17.7 Å². The first-order valence-electron chi connectivity index (χ1n) is 12.7. The van der Waals surface area contributed by atoms with E-state index in [1.165, 1.54) is 4.90 Å². The van der Waals surface area contributed by atoms with Gasteiger partial charge in [0.05, 0.1) is 6.54 Å². The van der Waals surface area contributed by atoms with Gasteiger partial charge in [0.2, 0.25) is 0 Å². The Morgan fingerprint density at radius 3 is 2.24 bits per heavy atom. The van der Waals surface area contributed by atoms with Crippen molar-refractivity contribution in [1.29, 1.82) is 0 Å². The van der Waals surface area contributed by atoms with Crippen LogP contribution in [0.5, 0.6) is 11.5 Å². The summed E-state index contributed by atoms with van der Waals surface area (Å²) in [7, 11) is 0. The molecule has 2 aromatic carbocycles. The fraction of sp³-hybridized carbons (Fsp3) is 0.500. The van der Waals surface area contributed by atoms with Crippen molar-refractivity contribution in [2.24, 2.45) is 5.92 Å². The zero-order valence-electron chi connectivity index (χ0n) is 21.8. The monoisotopic (exact) mass is 521 g/mol. The summed E-state index contributed by atoms with van der Waals surface area (Å²) in [6, 6.07) is 9.80. The SMILES string of the molecule is CCCC(CCC)CN(CCOc1ccc(CC(OCC)C(=O)O)cc1)C(=O)Oc1ccc(F)cc1F. The van der Waals surface area contributed by atoms with E-state index in [-0.39, 0.29) is 31.2 Å². The number of amides is 1. The first-order chi connectivity index (χ1) is 17.8. The number of hydrogen-bond acceptors (Lipinski definition) is 5. The van der Waals surface area contributed by atoms with Crippen molar-refractivity contribution in [2.45, 2.75) is 59.0 Å². The van der Waals surface area contributed by atoms with Gasteiger partial charge in [-0.05, 0) is 55.5 Å². The van der Waals surface area contributed by atoms with Crippen LogP contribution >= 0.6 is 0 Å². The number of carbonyl (C=O) groups excluding carboxylic acids is 1. The molecule has 0 saturated heterocycles. The van der Waals surface area contributed by atoms with E-state index in [0.29, 0.717) is 25.0 Å². The van der Waals surface area contributed by atoms with Crippen molar-refractivity contribution in [1.82, 2.24) is 4.90 Å². The lowest BCUT2D eigenvalue weighted by atomic mass is 9.98. The van der Waals surface area contributed by atoms with E-state index in [4.69, 9.17) is 14.2 Å². The molecule has 9 heteroatoms. The number of hydrogen-bond donors (Lipinski definition) is 1. The Morgan fingerprint density at radius 2 is 1.68 bits per heavy atom. The Labute approximate surface area is 217 Å². The van der Waals surface area contributed by atoms with E-state index < -0.39 is 29.8 Å². The number of carbonyl (C=O) groups is 2. The highest BCUT2D eigenvalue weighted by molar-refractivity contribution is 5.72. The molecule has 0 heterocycles. The van der Waals surface area contributed by atoms with E-state index in [1.54, 1.807) is 31.2 Å². The highest BCUT2D eigenvalue weighted by Gasteiger charge is 2.22. The van der Waals surface area contributed by atoms with Gasteiger partial charge in [-0.3, -0.25) is 0 Å². The van der Waals surface area contributed by atoms with Gasteiger partial charge in [-0.1, -0.05) is 38.8 Å². The Hall–Kier alpha value is -3.20. The lowest BCUT2D eigenvalue weighted by molar-refractivity contribution is -0.149. The number of carboxylic acids is 1. The van der Waals surface area contributed by atoms with Crippen LogP contribution in [0.2, 0.25) is 0 Å². The molecule has 0 radical (unpaired) electrons. The molecular weight excluding hydrogens is 484 g/mol. The molecule has 0 aromatic heterocycles. The zero-order chi connectivity index (χ0) is 27.2. The number of halogens is 2. The van der Waals surface area contributed by atoms with Gasteiger partial charge in [0.25, 0.3) is 0 Å². The molecule has 0 fully saturated rings. The lowest BCUT2D eigenvalue weighted by Crippen LogP contribution is -2.40. The number of ether oxygens (including phenoxy) is 3. The Kier molecular flexibility index (Phi) is 12.8. The van der Waals surface area contributed by atoms with Gasteiger partial charge < -0.3 is 24.2 Å². The fourth-order valence-electron chi connectivity index (χ4n) is 4.06. The Morgan fingerprint density at radius 1 is 1.00 bits per heavy atom. The van der Waals surface area contributed by atoms with E-state index in [0.717, 1.165) is 43.4 Å². The Bertz CT molecular complexity index is 979. The highest BCUT2D eigenvalue weighted by Crippen LogP contribution is 2.21. The van der Waals surface area contributed by atoms with Crippen molar-refractivity contribution in [3.8, 4) is 11.5 Å². The van der Waals surface area contributed by atoms with Crippen molar-refractivity contribution < 1.29 is 37.7 Å². The summed E-state index contributed by atoms with van der Waals surface area (Å²) >= 11 is 0. The summed E-state index contributed by atoms with van der Waals surface area (Å²) in [5, 5.41) is 9.25. The molecule has 1 amide bonds.